The molecule has 7 nitrogen and oxygen atoms in total. The first-order valence-corrected chi connectivity index (χ1v) is 10.5. The molecule has 1 aliphatic heterocycles. The van der Waals surface area contributed by atoms with E-state index in [1.165, 1.54) is 18.3 Å². The van der Waals surface area contributed by atoms with Crippen LogP contribution in [0.4, 0.5) is 0 Å². The Morgan fingerprint density at radius 1 is 1.06 bits per heavy atom. The van der Waals surface area contributed by atoms with Gasteiger partial charge in [-0.3, -0.25) is 9.59 Å². The Balaban J connectivity index is 1.83. The van der Waals surface area contributed by atoms with Gasteiger partial charge in [-0.25, -0.2) is 0 Å². The summed E-state index contributed by atoms with van der Waals surface area (Å²) in [5, 5.41) is 11.1. The fourth-order valence-corrected chi connectivity index (χ4v) is 4.31. The summed E-state index contributed by atoms with van der Waals surface area (Å²) in [5.41, 5.74) is 1.04. The fourth-order valence-electron chi connectivity index (χ4n) is 3.77. The van der Waals surface area contributed by atoms with Crippen LogP contribution < -0.4 is 9.47 Å². The lowest BCUT2D eigenvalue weighted by Crippen LogP contribution is -2.29. The summed E-state index contributed by atoms with van der Waals surface area (Å²) >= 11 is 3.38. The summed E-state index contributed by atoms with van der Waals surface area (Å²) in [6.07, 6.45) is 1.46. The second kappa shape index (κ2) is 8.92. The number of likely N-dealkylation sites (tertiary alicyclic amines) is 1. The molecule has 1 atom stereocenters. The molecule has 0 saturated carbocycles. The van der Waals surface area contributed by atoms with Crippen molar-refractivity contribution in [3.05, 3.63) is 87.8 Å². The highest BCUT2D eigenvalue weighted by atomic mass is 79.9. The molecular weight excluding hydrogens is 478 g/mol. The molecule has 8 heteroatoms. The summed E-state index contributed by atoms with van der Waals surface area (Å²) in [5.74, 6) is -0.284. The average Bonchev–Trinajstić information content (AvgIpc) is 3.41. The molecule has 1 fully saturated rings. The number of benzene rings is 2. The van der Waals surface area contributed by atoms with E-state index in [0.717, 1.165) is 5.56 Å². The predicted molar refractivity (Wildman–Crippen MR) is 120 cm³/mol. The molecule has 1 aliphatic rings. The van der Waals surface area contributed by atoms with Crippen LogP contribution in [-0.4, -0.2) is 35.9 Å². The van der Waals surface area contributed by atoms with E-state index in [1.807, 2.05) is 18.2 Å². The highest BCUT2D eigenvalue weighted by Gasteiger charge is 2.47. The molecular formula is C24H20BrNO6. The minimum atomic E-state index is -0.893. The molecule has 0 spiro atoms. The van der Waals surface area contributed by atoms with Gasteiger partial charge in [-0.2, -0.15) is 0 Å². The quantitative estimate of drug-likeness (QED) is 0.302. The maximum absolute atomic E-state index is 13.1. The normalized spacial score (nSPS) is 17.6. The van der Waals surface area contributed by atoms with Gasteiger partial charge < -0.3 is 23.9 Å². The van der Waals surface area contributed by atoms with Crippen LogP contribution in [0.25, 0.3) is 5.76 Å². The standard InChI is InChI=1S/C24H20BrNO6/c1-30-17-7-4-3-6-15(17)13-26-21(19-8-5-11-32-19)20(23(28)24(26)29)22(27)14-9-10-18(31-2)16(25)12-14/h3-12,21,27H,13H2,1-2H3/b22-20-. The minimum absolute atomic E-state index is 0.0445. The third-order valence-corrected chi connectivity index (χ3v) is 5.93. The zero-order valence-electron chi connectivity index (χ0n) is 17.4. The Bertz CT molecular complexity index is 1200. The van der Waals surface area contributed by atoms with Gasteiger partial charge in [-0.05, 0) is 52.3 Å². The highest BCUT2D eigenvalue weighted by molar-refractivity contribution is 9.10. The first-order chi connectivity index (χ1) is 15.5. The molecule has 0 bridgehead atoms. The monoisotopic (exact) mass is 497 g/mol. The third-order valence-electron chi connectivity index (χ3n) is 5.31. The molecule has 0 radical (unpaired) electrons. The molecule has 2 aromatic carbocycles. The second-order valence-electron chi connectivity index (χ2n) is 7.10. The first kappa shape index (κ1) is 21.7. The van der Waals surface area contributed by atoms with Gasteiger partial charge in [0.25, 0.3) is 11.7 Å². The number of ether oxygens (including phenoxy) is 2. The first-order valence-electron chi connectivity index (χ1n) is 9.74. The largest absolute Gasteiger partial charge is 0.507 e. The van der Waals surface area contributed by atoms with Crippen molar-refractivity contribution >= 4 is 33.4 Å². The number of ketones is 1. The van der Waals surface area contributed by atoms with Gasteiger partial charge >= 0.3 is 0 Å². The lowest BCUT2D eigenvalue weighted by Gasteiger charge is -2.24. The number of nitrogens with zero attached hydrogens (tertiary/aromatic N) is 1. The summed E-state index contributed by atoms with van der Waals surface area (Å²) in [4.78, 5) is 27.5. The fraction of sp³-hybridized carbons (Fsp3) is 0.167. The van der Waals surface area contributed by atoms with Crippen LogP contribution in [0.1, 0.15) is 22.9 Å². The van der Waals surface area contributed by atoms with E-state index in [1.54, 1.807) is 43.5 Å². The van der Waals surface area contributed by atoms with Crippen LogP contribution in [-0.2, 0) is 16.1 Å². The summed E-state index contributed by atoms with van der Waals surface area (Å²) in [6.45, 7) is 0.100. The van der Waals surface area contributed by atoms with Crippen LogP contribution >= 0.6 is 15.9 Å². The van der Waals surface area contributed by atoms with Crippen molar-refractivity contribution in [1.82, 2.24) is 4.90 Å². The second-order valence-corrected chi connectivity index (χ2v) is 7.96. The van der Waals surface area contributed by atoms with Crippen molar-refractivity contribution in [1.29, 1.82) is 0 Å². The highest BCUT2D eigenvalue weighted by Crippen LogP contribution is 2.41. The van der Waals surface area contributed by atoms with Gasteiger partial charge in [0, 0.05) is 11.1 Å². The number of methoxy groups -OCH3 is 2. The molecule has 0 aliphatic carbocycles. The summed E-state index contributed by atoms with van der Waals surface area (Å²) in [6, 6.07) is 14.6. The van der Waals surface area contributed by atoms with Crippen LogP contribution in [0.5, 0.6) is 11.5 Å². The Hall–Kier alpha value is -3.52. The lowest BCUT2D eigenvalue weighted by atomic mass is 9.99. The van der Waals surface area contributed by atoms with E-state index in [9.17, 15) is 14.7 Å². The zero-order valence-corrected chi connectivity index (χ0v) is 19.0. The van der Waals surface area contributed by atoms with Gasteiger partial charge in [-0.1, -0.05) is 18.2 Å². The lowest BCUT2D eigenvalue weighted by molar-refractivity contribution is -0.140. The van der Waals surface area contributed by atoms with Gasteiger partial charge in [-0.15, -0.1) is 0 Å². The van der Waals surface area contributed by atoms with Crippen molar-refractivity contribution in [2.75, 3.05) is 14.2 Å². The number of furan rings is 1. The molecule has 3 aromatic rings. The number of hydrogen-bond acceptors (Lipinski definition) is 6. The van der Waals surface area contributed by atoms with E-state index in [4.69, 9.17) is 13.9 Å². The molecule has 164 valence electrons. The molecule has 1 aromatic heterocycles. The number of rotatable bonds is 6. The van der Waals surface area contributed by atoms with Crippen molar-refractivity contribution < 1.29 is 28.6 Å². The number of halogens is 1. The van der Waals surface area contributed by atoms with Crippen molar-refractivity contribution in [3.63, 3.8) is 0 Å². The SMILES string of the molecule is COc1ccc(/C(O)=C2/C(=O)C(=O)N(Cc3ccccc3OC)C2c2ccco2)cc1Br. The number of para-hydroxylation sites is 1. The van der Waals surface area contributed by atoms with Crippen molar-refractivity contribution in [3.8, 4) is 11.5 Å². The van der Waals surface area contributed by atoms with E-state index in [2.05, 4.69) is 15.9 Å². The molecule has 1 unspecified atom stereocenters. The molecule has 4 rings (SSSR count). The van der Waals surface area contributed by atoms with Gasteiger partial charge in [0.1, 0.15) is 29.1 Å². The van der Waals surface area contributed by atoms with Crippen LogP contribution in [0.15, 0.2) is 75.3 Å². The maximum Gasteiger partial charge on any atom is 0.296 e. The van der Waals surface area contributed by atoms with E-state index in [-0.39, 0.29) is 17.9 Å². The Morgan fingerprint density at radius 3 is 2.47 bits per heavy atom. The van der Waals surface area contributed by atoms with Gasteiger partial charge in [0.2, 0.25) is 0 Å². The number of aliphatic hydroxyl groups is 1. The number of carbonyl (C=O) groups is 2. The van der Waals surface area contributed by atoms with Crippen LogP contribution in [0, 0.1) is 0 Å². The van der Waals surface area contributed by atoms with Gasteiger partial charge in [0.05, 0.1) is 37.1 Å². The molecule has 1 N–H and O–H groups in total. The topological polar surface area (TPSA) is 89.2 Å². The zero-order chi connectivity index (χ0) is 22.8. The third kappa shape index (κ3) is 3.78. The average molecular weight is 498 g/mol. The molecule has 1 saturated heterocycles. The summed E-state index contributed by atoms with van der Waals surface area (Å²) in [7, 11) is 3.07. The molecule has 2 heterocycles. The number of hydrogen-bond donors (Lipinski definition) is 1. The van der Waals surface area contributed by atoms with Crippen LogP contribution in [0.3, 0.4) is 0 Å². The molecule has 32 heavy (non-hydrogen) atoms. The van der Waals surface area contributed by atoms with Crippen molar-refractivity contribution in [2.24, 2.45) is 0 Å². The van der Waals surface area contributed by atoms with Crippen molar-refractivity contribution in [2.45, 2.75) is 12.6 Å². The van der Waals surface area contributed by atoms with E-state index < -0.39 is 17.7 Å². The Kier molecular flexibility index (Phi) is 6.05. The number of Topliss-reactive ketones (excluding diaryl/α,β-unsaturated/α-hetero) is 1. The minimum Gasteiger partial charge on any atom is -0.507 e. The molecule has 1 amide bonds. The smallest absolute Gasteiger partial charge is 0.296 e. The predicted octanol–water partition coefficient (Wildman–Crippen LogP) is 4.68. The summed E-state index contributed by atoms with van der Waals surface area (Å²) < 4.78 is 16.8. The number of amides is 1. The maximum atomic E-state index is 13.1. The Labute approximate surface area is 193 Å². The van der Waals surface area contributed by atoms with Crippen LogP contribution in [0.2, 0.25) is 0 Å². The number of carbonyl (C=O) groups excluding carboxylic acids is 2. The van der Waals surface area contributed by atoms with E-state index in [0.29, 0.717) is 27.3 Å². The van der Waals surface area contributed by atoms with Gasteiger partial charge in [0.15, 0.2) is 0 Å². The number of aliphatic hydroxyl groups excluding tert-OH is 1. The van der Waals surface area contributed by atoms with E-state index >= 15 is 0 Å². The Morgan fingerprint density at radius 2 is 1.81 bits per heavy atom.